The minimum atomic E-state index is -4.80. The number of rotatable bonds is 4. The van der Waals surface area contributed by atoms with Crippen LogP contribution in [0.3, 0.4) is 0 Å². The van der Waals surface area contributed by atoms with E-state index < -0.39 is 6.36 Å². The average molecular weight is 400 g/mol. The van der Waals surface area contributed by atoms with Gasteiger partial charge in [-0.2, -0.15) is 0 Å². The Kier molecular flexibility index (Phi) is 4.54. The van der Waals surface area contributed by atoms with Crippen LogP contribution in [0.15, 0.2) is 65.1 Å². The highest BCUT2D eigenvalue weighted by Gasteiger charge is 2.32. The maximum Gasteiger partial charge on any atom is 0.573 e. The van der Waals surface area contributed by atoms with Crippen LogP contribution in [0.4, 0.5) is 13.2 Å². The molecule has 29 heavy (non-hydrogen) atoms. The number of aromatic hydroxyl groups is 1. The number of hydrogen-bond acceptors (Lipinski definition) is 4. The fourth-order valence-electron chi connectivity index (χ4n) is 2.97. The van der Waals surface area contributed by atoms with Gasteiger partial charge in [-0.15, -0.1) is 13.2 Å². The molecule has 0 aliphatic carbocycles. The highest BCUT2D eigenvalue weighted by Crippen LogP contribution is 2.36. The second-order valence-electron chi connectivity index (χ2n) is 6.31. The fourth-order valence-corrected chi connectivity index (χ4v) is 2.97. The standard InChI is InChI=1S/C21H15F3N2O3/c1-12-19(13-6-8-14(27)9-7-13)26-20(25-12)18-11-10-16(28-18)15-4-2-3-5-17(15)29-21(22,23)24/h2-11,27H,1H3,(H,25,26). The van der Waals surface area contributed by atoms with Gasteiger partial charge in [-0.1, -0.05) is 12.1 Å². The van der Waals surface area contributed by atoms with E-state index >= 15 is 0 Å². The SMILES string of the molecule is Cc1[nH]c(-c2ccc(-c3ccccc3OC(F)(F)F)o2)nc1-c1ccc(O)cc1. The molecule has 148 valence electrons. The van der Waals surface area contributed by atoms with E-state index in [9.17, 15) is 18.3 Å². The van der Waals surface area contributed by atoms with E-state index in [2.05, 4.69) is 14.7 Å². The maximum absolute atomic E-state index is 12.7. The zero-order chi connectivity index (χ0) is 20.6. The average Bonchev–Trinajstić information content (AvgIpc) is 3.28. The number of aryl methyl sites for hydroxylation is 1. The van der Waals surface area contributed by atoms with Gasteiger partial charge in [0.25, 0.3) is 0 Å². The van der Waals surface area contributed by atoms with Gasteiger partial charge in [0.2, 0.25) is 0 Å². The van der Waals surface area contributed by atoms with Gasteiger partial charge in [0.1, 0.15) is 17.3 Å². The first-order valence-corrected chi connectivity index (χ1v) is 8.61. The number of para-hydroxylation sites is 1. The summed E-state index contributed by atoms with van der Waals surface area (Å²) in [6, 6.07) is 15.5. The summed E-state index contributed by atoms with van der Waals surface area (Å²) in [5, 5.41) is 9.44. The molecule has 2 aromatic carbocycles. The highest BCUT2D eigenvalue weighted by atomic mass is 19.4. The van der Waals surface area contributed by atoms with Crippen LogP contribution in [0, 0.1) is 6.92 Å². The summed E-state index contributed by atoms with van der Waals surface area (Å²) >= 11 is 0. The Hall–Kier alpha value is -3.68. The molecule has 4 rings (SSSR count). The molecule has 2 N–H and O–H groups in total. The number of halogens is 3. The van der Waals surface area contributed by atoms with Crippen molar-refractivity contribution in [2.45, 2.75) is 13.3 Å². The number of H-pyrrole nitrogens is 1. The van der Waals surface area contributed by atoms with Crippen LogP contribution < -0.4 is 4.74 Å². The predicted molar refractivity (Wildman–Crippen MR) is 100 cm³/mol. The van der Waals surface area contributed by atoms with E-state index in [0.717, 1.165) is 11.3 Å². The van der Waals surface area contributed by atoms with Crippen LogP contribution in [-0.4, -0.2) is 21.4 Å². The van der Waals surface area contributed by atoms with Crippen molar-refractivity contribution in [1.82, 2.24) is 9.97 Å². The molecule has 4 aromatic rings. The van der Waals surface area contributed by atoms with Gasteiger partial charge in [-0.25, -0.2) is 4.98 Å². The van der Waals surface area contributed by atoms with E-state index in [-0.39, 0.29) is 22.8 Å². The number of imidazole rings is 1. The van der Waals surface area contributed by atoms with Gasteiger partial charge in [-0.05, 0) is 55.5 Å². The lowest BCUT2D eigenvalue weighted by Gasteiger charge is -2.11. The molecule has 0 fully saturated rings. The Morgan fingerprint density at radius 2 is 1.66 bits per heavy atom. The first-order valence-electron chi connectivity index (χ1n) is 8.61. The Morgan fingerprint density at radius 3 is 2.38 bits per heavy atom. The van der Waals surface area contributed by atoms with Crippen molar-refractivity contribution in [3.8, 4) is 45.7 Å². The lowest BCUT2D eigenvalue weighted by Crippen LogP contribution is -2.17. The predicted octanol–water partition coefficient (Wildman–Crippen LogP) is 5.92. The fraction of sp³-hybridized carbons (Fsp3) is 0.0952. The van der Waals surface area contributed by atoms with Gasteiger partial charge in [0.05, 0.1) is 11.3 Å². The van der Waals surface area contributed by atoms with Crippen molar-refractivity contribution >= 4 is 0 Å². The molecule has 8 heteroatoms. The molecule has 2 aromatic heterocycles. The number of phenols is 1. The molecule has 0 radical (unpaired) electrons. The second-order valence-corrected chi connectivity index (χ2v) is 6.31. The van der Waals surface area contributed by atoms with Crippen molar-refractivity contribution in [2.24, 2.45) is 0 Å². The Labute approximate surface area is 163 Å². The second kappa shape index (κ2) is 7.05. The molecule has 0 aliphatic heterocycles. The van der Waals surface area contributed by atoms with E-state index in [4.69, 9.17) is 4.42 Å². The molecule has 0 saturated carbocycles. The molecule has 5 nitrogen and oxygen atoms in total. The smallest absolute Gasteiger partial charge is 0.508 e. The number of hydrogen-bond donors (Lipinski definition) is 2. The summed E-state index contributed by atoms with van der Waals surface area (Å²) in [6.07, 6.45) is -4.80. The van der Waals surface area contributed by atoms with Crippen molar-refractivity contribution in [1.29, 1.82) is 0 Å². The van der Waals surface area contributed by atoms with Crippen LogP contribution >= 0.6 is 0 Å². The molecule has 0 unspecified atom stereocenters. The van der Waals surface area contributed by atoms with Crippen LogP contribution in [0.1, 0.15) is 5.69 Å². The first-order chi connectivity index (χ1) is 13.8. The molecule has 0 amide bonds. The number of benzene rings is 2. The Balaban J connectivity index is 1.68. The molecule has 0 atom stereocenters. The topological polar surface area (TPSA) is 71.3 Å². The van der Waals surface area contributed by atoms with Gasteiger partial charge >= 0.3 is 6.36 Å². The van der Waals surface area contributed by atoms with Gasteiger partial charge < -0.3 is 19.2 Å². The van der Waals surface area contributed by atoms with Crippen molar-refractivity contribution in [2.75, 3.05) is 0 Å². The van der Waals surface area contributed by atoms with Crippen LogP contribution in [-0.2, 0) is 0 Å². The third-order valence-corrected chi connectivity index (χ3v) is 4.24. The molecule has 0 spiro atoms. The zero-order valence-electron chi connectivity index (χ0n) is 15.1. The van der Waals surface area contributed by atoms with Crippen LogP contribution in [0.5, 0.6) is 11.5 Å². The number of aromatic amines is 1. The zero-order valence-corrected chi connectivity index (χ0v) is 15.1. The minimum absolute atomic E-state index is 0.151. The van der Waals surface area contributed by atoms with E-state index in [1.54, 1.807) is 42.5 Å². The monoisotopic (exact) mass is 400 g/mol. The summed E-state index contributed by atoms with van der Waals surface area (Å²) in [5.74, 6) is 0.833. The van der Waals surface area contributed by atoms with Gasteiger partial charge in [-0.3, -0.25) is 0 Å². The Bertz CT molecular complexity index is 1140. The number of aromatic nitrogens is 2. The summed E-state index contributed by atoms with van der Waals surface area (Å²) < 4.78 is 47.8. The number of phenolic OH excluding ortho intramolecular Hbond substituents is 1. The normalized spacial score (nSPS) is 11.6. The van der Waals surface area contributed by atoms with Crippen LogP contribution in [0.2, 0.25) is 0 Å². The van der Waals surface area contributed by atoms with Gasteiger partial charge in [0.15, 0.2) is 11.6 Å². The lowest BCUT2D eigenvalue weighted by atomic mass is 10.1. The summed E-state index contributed by atoms with van der Waals surface area (Å²) in [7, 11) is 0. The molecular formula is C21H15F3N2O3. The first kappa shape index (κ1) is 18.7. The largest absolute Gasteiger partial charge is 0.573 e. The summed E-state index contributed by atoms with van der Waals surface area (Å²) in [4.78, 5) is 7.64. The molecule has 0 saturated heterocycles. The third kappa shape index (κ3) is 3.96. The number of ether oxygens (including phenoxy) is 1. The molecule has 2 heterocycles. The van der Waals surface area contributed by atoms with Crippen LogP contribution in [0.25, 0.3) is 34.2 Å². The Morgan fingerprint density at radius 1 is 0.966 bits per heavy atom. The van der Waals surface area contributed by atoms with E-state index in [1.165, 1.54) is 18.2 Å². The van der Waals surface area contributed by atoms with Crippen molar-refractivity contribution in [3.05, 3.63) is 66.4 Å². The molecular weight excluding hydrogens is 385 g/mol. The molecule has 0 bridgehead atoms. The lowest BCUT2D eigenvalue weighted by molar-refractivity contribution is -0.274. The molecule has 0 aliphatic rings. The van der Waals surface area contributed by atoms with E-state index in [0.29, 0.717) is 17.3 Å². The maximum atomic E-state index is 12.7. The number of furan rings is 1. The summed E-state index contributed by atoms with van der Waals surface area (Å²) in [6.45, 7) is 1.84. The number of nitrogens with one attached hydrogen (secondary N) is 1. The summed E-state index contributed by atoms with van der Waals surface area (Å²) in [5.41, 5.74) is 2.44. The minimum Gasteiger partial charge on any atom is -0.508 e. The van der Waals surface area contributed by atoms with Gasteiger partial charge in [0, 0.05) is 11.3 Å². The van der Waals surface area contributed by atoms with E-state index in [1.807, 2.05) is 6.92 Å². The highest BCUT2D eigenvalue weighted by molar-refractivity contribution is 5.70. The number of alkyl halides is 3. The van der Waals surface area contributed by atoms with Crippen molar-refractivity contribution in [3.63, 3.8) is 0 Å². The quantitative estimate of drug-likeness (QED) is 0.446. The third-order valence-electron chi connectivity index (χ3n) is 4.24. The number of nitrogens with zero attached hydrogens (tertiary/aromatic N) is 1. The van der Waals surface area contributed by atoms with Crippen molar-refractivity contribution < 1.29 is 27.4 Å².